The lowest BCUT2D eigenvalue weighted by Gasteiger charge is -2.07. The molecule has 0 heterocycles. The Kier molecular flexibility index (Phi) is 1.39. The predicted octanol–water partition coefficient (Wildman–Crippen LogP) is 0.0562. The van der Waals surface area contributed by atoms with Crippen molar-refractivity contribution in [1.82, 2.24) is 0 Å². The van der Waals surface area contributed by atoms with E-state index in [0.29, 0.717) is 0 Å². The van der Waals surface area contributed by atoms with Gasteiger partial charge in [0.15, 0.2) is 0 Å². The van der Waals surface area contributed by atoms with Crippen molar-refractivity contribution in [3.05, 3.63) is 0 Å². The van der Waals surface area contributed by atoms with Gasteiger partial charge in [-0.05, 0) is 20.6 Å². The molecule has 0 amide bonds. The van der Waals surface area contributed by atoms with Crippen molar-refractivity contribution in [2.24, 2.45) is 4.99 Å². The van der Waals surface area contributed by atoms with Crippen LogP contribution in [0.15, 0.2) is 4.99 Å². The SMILES string of the molecule is BC(C)(C)N=C. The first-order valence-electron chi connectivity index (χ1n) is 2.04. The third-order valence-corrected chi connectivity index (χ3v) is 0.474. The monoisotopic (exact) mass is 83.1 g/mol. The highest BCUT2D eigenvalue weighted by Crippen LogP contribution is 1.97. The summed E-state index contributed by atoms with van der Waals surface area (Å²) in [4.78, 5) is 3.77. The van der Waals surface area contributed by atoms with Crippen LogP contribution in [0.4, 0.5) is 0 Å². The molecular formula is C4H10BN. The van der Waals surface area contributed by atoms with Crippen LogP contribution in [-0.2, 0) is 0 Å². The quantitative estimate of drug-likeness (QED) is 0.314. The van der Waals surface area contributed by atoms with Crippen molar-refractivity contribution < 1.29 is 0 Å². The second-order valence-electron chi connectivity index (χ2n) is 2.33. The maximum absolute atomic E-state index is 3.77. The van der Waals surface area contributed by atoms with Crippen LogP contribution in [0.25, 0.3) is 0 Å². The van der Waals surface area contributed by atoms with Crippen LogP contribution in [0.2, 0.25) is 0 Å². The smallest absolute Gasteiger partial charge is 0.136 e. The van der Waals surface area contributed by atoms with Crippen molar-refractivity contribution in [2.75, 3.05) is 0 Å². The number of aliphatic imine (C=N–C) groups is 1. The van der Waals surface area contributed by atoms with Crippen molar-refractivity contribution in [1.29, 1.82) is 0 Å². The molecule has 0 saturated heterocycles. The highest BCUT2D eigenvalue weighted by atomic mass is 14.8. The van der Waals surface area contributed by atoms with Gasteiger partial charge in [-0.15, -0.1) is 0 Å². The number of rotatable bonds is 1. The Hall–Kier alpha value is -0.265. The third kappa shape index (κ3) is 3.73. The molecule has 0 fully saturated rings. The molecule has 1 nitrogen and oxygen atoms in total. The minimum Gasteiger partial charge on any atom is -0.304 e. The van der Waals surface area contributed by atoms with Gasteiger partial charge in [-0.3, -0.25) is 0 Å². The summed E-state index contributed by atoms with van der Waals surface area (Å²) in [6.07, 6.45) is 0. The van der Waals surface area contributed by atoms with Crippen LogP contribution in [-0.4, -0.2) is 20.0 Å². The summed E-state index contributed by atoms with van der Waals surface area (Å²) in [5.74, 6) is 0. The summed E-state index contributed by atoms with van der Waals surface area (Å²) in [6.45, 7) is 7.41. The van der Waals surface area contributed by atoms with Crippen LogP contribution in [0.1, 0.15) is 13.8 Å². The van der Waals surface area contributed by atoms with Gasteiger partial charge in [0.1, 0.15) is 7.85 Å². The fourth-order valence-electron chi connectivity index (χ4n) is 0. The molecule has 6 heavy (non-hydrogen) atoms. The second-order valence-corrected chi connectivity index (χ2v) is 2.33. The molecule has 0 atom stereocenters. The highest BCUT2D eigenvalue weighted by Gasteiger charge is 2.01. The summed E-state index contributed by atoms with van der Waals surface area (Å²) in [5, 5.41) is 0. The number of hydrogen-bond donors (Lipinski definition) is 0. The Morgan fingerprint density at radius 3 is 1.83 bits per heavy atom. The van der Waals surface area contributed by atoms with Crippen LogP contribution in [0.3, 0.4) is 0 Å². The van der Waals surface area contributed by atoms with E-state index in [1.165, 1.54) is 0 Å². The zero-order valence-corrected chi connectivity index (χ0v) is 4.65. The molecule has 0 aliphatic rings. The standard InChI is InChI=1S/C4H10BN/c1-4(2,5)6-3/h3,5H2,1-2H3. The molecule has 0 unspecified atom stereocenters. The average Bonchev–Trinajstić information content (AvgIpc) is 1.35. The van der Waals surface area contributed by atoms with Crippen molar-refractivity contribution in [3.8, 4) is 0 Å². The maximum Gasteiger partial charge on any atom is 0.136 e. The Bertz CT molecular complexity index is 53.1. The van der Waals surface area contributed by atoms with Gasteiger partial charge in [-0.1, -0.05) is 0 Å². The third-order valence-electron chi connectivity index (χ3n) is 0.474. The van der Waals surface area contributed by atoms with Crippen LogP contribution in [0, 0.1) is 0 Å². The molecule has 0 aromatic carbocycles. The molecule has 0 aromatic rings. The molecule has 0 bridgehead atoms. The van der Waals surface area contributed by atoms with E-state index in [2.05, 4.69) is 11.7 Å². The second kappa shape index (κ2) is 1.46. The van der Waals surface area contributed by atoms with Crippen LogP contribution in [0.5, 0.6) is 0 Å². The first-order valence-corrected chi connectivity index (χ1v) is 2.04. The molecule has 0 radical (unpaired) electrons. The molecule has 2 heteroatoms. The zero-order valence-electron chi connectivity index (χ0n) is 4.65. The van der Waals surface area contributed by atoms with E-state index in [4.69, 9.17) is 0 Å². The fraction of sp³-hybridized carbons (Fsp3) is 0.750. The van der Waals surface area contributed by atoms with Gasteiger partial charge < -0.3 is 4.99 Å². The van der Waals surface area contributed by atoms with Crippen LogP contribution < -0.4 is 0 Å². The molecule has 0 N–H and O–H groups in total. The number of nitrogens with zero attached hydrogens (tertiary/aromatic N) is 1. The van der Waals surface area contributed by atoms with Gasteiger partial charge in [0.25, 0.3) is 0 Å². The lowest BCUT2D eigenvalue weighted by atomic mass is 9.83. The molecule has 34 valence electrons. The summed E-state index contributed by atoms with van der Waals surface area (Å²) in [6, 6.07) is 0. The molecule has 0 spiro atoms. The van der Waals surface area contributed by atoms with Gasteiger partial charge in [0, 0.05) is 5.44 Å². The predicted molar refractivity (Wildman–Crippen MR) is 32.2 cm³/mol. The molecular weight excluding hydrogens is 72.9 g/mol. The lowest BCUT2D eigenvalue weighted by molar-refractivity contribution is 0.751. The molecule has 0 aliphatic heterocycles. The highest BCUT2D eigenvalue weighted by molar-refractivity contribution is 6.15. The summed E-state index contributed by atoms with van der Waals surface area (Å²) in [5.41, 5.74) is 0.0556. The maximum atomic E-state index is 3.77. The van der Waals surface area contributed by atoms with Crippen LogP contribution >= 0.6 is 0 Å². The van der Waals surface area contributed by atoms with Crippen molar-refractivity contribution in [3.63, 3.8) is 0 Å². The zero-order chi connectivity index (χ0) is 5.21. The summed E-state index contributed by atoms with van der Waals surface area (Å²) in [7, 11) is 2.01. The number of hydrogen-bond acceptors (Lipinski definition) is 1. The van der Waals surface area contributed by atoms with E-state index in [1.54, 1.807) is 0 Å². The molecule has 0 aromatic heterocycles. The first-order chi connectivity index (χ1) is 2.56. The Labute approximate surface area is 39.9 Å². The first kappa shape index (κ1) is 5.73. The molecule has 0 rings (SSSR count). The molecule has 0 saturated carbocycles. The summed E-state index contributed by atoms with van der Waals surface area (Å²) < 4.78 is 0. The lowest BCUT2D eigenvalue weighted by Crippen LogP contribution is -2.14. The van der Waals surface area contributed by atoms with E-state index in [9.17, 15) is 0 Å². The Balaban J connectivity index is 3.45. The van der Waals surface area contributed by atoms with Gasteiger partial charge in [0.2, 0.25) is 0 Å². The van der Waals surface area contributed by atoms with E-state index in [1.807, 2.05) is 21.7 Å². The Morgan fingerprint density at radius 2 is 1.83 bits per heavy atom. The normalized spacial score (nSPS) is 11.0. The van der Waals surface area contributed by atoms with E-state index < -0.39 is 0 Å². The van der Waals surface area contributed by atoms with Gasteiger partial charge in [0.05, 0.1) is 0 Å². The van der Waals surface area contributed by atoms with E-state index in [-0.39, 0.29) is 5.44 Å². The molecule has 0 aliphatic carbocycles. The largest absolute Gasteiger partial charge is 0.304 e. The Morgan fingerprint density at radius 1 is 1.67 bits per heavy atom. The minimum absolute atomic E-state index is 0.0556. The van der Waals surface area contributed by atoms with Crippen molar-refractivity contribution >= 4 is 14.6 Å². The average molecular weight is 82.9 g/mol. The summed E-state index contributed by atoms with van der Waals surface area (Å²) >= 11 is 0. The fourth-order valence-corrected chi connectivity index (χ4v) is 0. The van der Waals surface area contributed by atoms with Gasteiger partial charge in [-0.25, -0.2) is 0 Å². The van der Waals surface area contributed by atoms with Gasteiger partial charge >= 0.3 is 0 Å². The van der Waals surface area contributed by atoms with E-state index >= 15 is 0 Å². The van der Waals surface area contributed by atoms with Gasteiger partial charge in [-0.2, -0.15) is 0 Å². The van der Waals surface area contributed by atoms with Crippen molar-refractivity contribution in [2.45, 2.75) is 19.3 Å². The topological polar surface area (TPSA) is 12.4 Å². The minimum atomic E-state index is 0.0556. The van der Waals surface area contributed by atoms with E-state index in [0.717, 1.165) is 0 Å².